The maximum atomic E-state index is 11.6. The normalized spacial score (nSPS) is 24.4. The number of amides is 1. The summed E-state index contributed by atoms with van der Waals surface area (Å²) in [7, 11) is 0. The molecule has 14 heavy (non-hydrogen) atoms. The average Bonchev–Trinajstić information content (AvgIpc) is 2.16. The Balaban J connectivity index is 2.72. The molecule has 0 saturated carbocycles. The molecule has 1 heterocycles. The van der Waals surface area contributed by atoms with Crippen molar-refractivity contribution in [2.45, 2.75) is 37.5 Å². The minimum atomic E-state index is -0.910. The van der Waals surface area contributed by atoms with Crippen LogP contribution in [0.15, 0.2) is 0 Å². The third-order valence-electron chi connectivity index (χ3n) is 2.43. The highest BCUT2D eigenvalue weighted by molar-refractivity contribution is 7.81. The van der Waals surface area contributed by atoms with E-state index in [9.17, 15) is 9.59 Å². The lowest BCUT2D eigenvalue weighted by Crippen LogP contribution is -2.50. The van der Waals surface area contributed by atoms with Gasteiger partial charge in [-0.1, -0.05) is 0 Å². The molecule has 1 fully saturated rings. The standard InChI is InChI=1S/C9H15NO3S/c1-6(14)8(11)10-5-3-2-4-7(10)9(12)13/h6-7,14H,2-5H2,1H3,(H,12,13). The number of piperidine rings is 1. The summed E-state index contributed by atoms with van der Waals surface area (Å²) in [6.45, 7) is 2.21. The molecule has 2 unspecified atom stereocenters. The Bertz CT molecular complexity index is 242. The third kappa shape index (κ3) is 2.41. The fourth-order valence-electron chi connectivity index (χ4n) is 1.69. The SMILES string of the molecule is CC(S)C(=O)N1CCCCC1C(=O)O. The van der Waals surface area contributed by atoms with Crippen LogP contribution in [-0.2, 0) is 9.59 Å². The smallest absolute Gasteiger partial charge is 0.326 e. The Kier molecular flexibility index (Phi) is 3.80. The molecule has 80 valence electrons. The first-order valence-electron chi connectivity index (χ1n) is 4.75. The molecule has 1 amide bonds. The molecule has 1 saturated heterocycles. The molecular formula is C9H15NO3S. The highest BCUT2D eigenvalue weighted by Crippen LogP contribution is 2.19. The van der Waals surface area contributed by atoms with Gasteiger partial charge in [-0.15, -0.1) is 0 Å². The molecular weight excluding hydrogens is 202 g/mol. The summed E-state index contributed by atoms with van der Waals surface area (Å²) < 4.78 is 0. The molecule has 0 aromatic rings. The summed E-state index contributed by atoms with van der Waals surface area (Å²) in [5.74, 6) is -1.09. The molecule has 0 aromatic heterocycles. The molecule has 1 aliphatic rings. The second-order valence-electron chi connectivity index (χ2n) is 3.56. The second kappa shape index (κ2) is 4.68. The van der Waals surface area contributed by atoms with E-state index in [0.29, 0.717) is 13.0 Å². The maximum Gasteiger partial charge on any atom is 0.326 e. The highest BCUT2D eigenvalue weighted by atomic mass is 32.1. The maximum absolute atomic E-state index is 11.6. The van der Waals surface area contributed by atoms with Gasteiger partial charge in [0.05, 0.1) is 5.25 Å². The molecule has 4 nitrogen and oxygen atoms in total. The lowest BCUT2D eigenvalue weighted by atomic mass is 10.0. The van der Waals surface area contributed by atoms with Gasteiger partial charge in [0.25, 0.3) is 0 Å². The molecule has 1 aliphatic heterocycles. The van der Waals surface area contributed by atoms with Crippen LogP contribution in [0.4, 0.5) is 0 Å². The van der Waals surface area contributed by atoms with E-state index in [1.165, 1.54) is 4.90 Å². The first kappa shape index (κ1) is 11.4. The number of carbonyl (C=O) groups is 2. The van der Waals surface area contributed by atoms with Gasteiger partial charge in [0.1, 0.15) is 6.04 Å². The lowest BCUT2D eigenvalue weighted by Gasteiger charge is -2.33. The van der Waals surface area contributed by atoms with Crippen molar-refractivity contribution in [2.24, 2.45) is 0 Å². The van der Waals surface area contributed by atoms with Gasteiger partial charge in [-0.3, -0.25) is 4.79 Å². The van der Waals surface area contributed by atoms with E-state index in [0.717, 1.165) is 12.8 Å². The number of rotatable bonds is 2. The number of likely N-dealkylation sites (tertiary alicyclic amines) is 1. The lowest BCUT2D eigenvalue weighted by molar-refractivity contribution is -0.151. The Morgan fingerprint density at radius 2 is 2.14 bits per heavy atom. The Labute approximate surface area is 88.7 Å². The zero-order valence-corrected chi connectivity index (χ0v) is 9.04. The topological polar surface area (TPSA) is 57.6 Å². The van der Waals surface area contributed by atoms with E-state index >= 15 is 0 Å². The van der Waals surface area contributed by atoms with Crippen molar-refractivity contribution in [1.82, 2.24) is 4.90 Å². The van der Waals surface area contributed by atoms with Crippen LogP contribution in [0.1, 0.15) is 26.2 Å². The molecule has 0 aliphatic carbocycles. The zero-order valence-electron chi connectivity index (χ0n) is 8.14. The van der Waals surface area contributed by atoms with E-state index in [1.54, 1.807) is 6.92 Å². The van der Waals surface area contributed by atoms with Gasteiger partial charge in [0.2, 0.25) is 5.91 Å². The van der Waals surface area contributed by atoms with Gasteiger partial charge < -0.3 is 10.0 Å². The molecule has 1 N–H and O–H groups in total. The molecule has 5 heteroatoms. The van der Waals surface area contributed by atoms with Crippen LogP contribution < -0.4 is 0 Å². The van der Waals surface area contributed by atoms with Gasteiger partial charge in [-0.2, -0.15) is 12.6 Å². The van der Waals surface area contributed by atoms with Gasteiger partial charge in [0, 0.05) is 6.54 Å². The van der Waals surface area contributed by atoms with Crippen molar-refractivity contribution in [2.75, 3.05) is 6.54 Å². The summed E-state index contributed by atoms with van der Waals surface area (Å²) >= 11 is 4.03. The summed E-state index contributed by atoms with van der Waals surface area (Å²) in [4.78, 5) is 23.9. The Morgan fingerprint density at radius 1 is 1.50 bits per heavy atom. The van der Waals surface area contributed by atoms with E-state index < -0.39 is 17.3 Å². The van der Waals surface area contributed by atoms with Crippen molar-refractivity contribution in [3.63, 3.8) is 0 Å². The third-order valence-corrected chi connectivity index (χ3v) is 2.65. The monoisotopic (exact) mass is 217 g/mol. The Morgan fingerprint density at radius 3 is 2.64 bits per heavy atom. The second-order valence-corrected chi connectivity index (χ2v) is 4.33. The highest BCUT2D eigenvalue weighted by Gasteiger charge is 2.32. The number of hydrogen-bond donors (Lipinski definition) is 2. The van der Waals surface area contributed by atoms with Crippen LogP contribution >= 0.6 is 12.6 Å². The van der Waals surface area contributed by atoms with E-state index in [-0.39, 0.29) is 5.91 Å². The summed E-state index contributed by atoms with van der Waals surface area (Å²) in [6.07, 6.45) is 2.32. The number of carboxylic acids is 1. The molecule has 0 spiro atoms. The van der Waals surface area contributed by atoms with E-state index in [4.69, 9.17) is 5.11 Å². The number of carboxylic acid groups (broad SMARTS) is 1. The van der Waals surface area contributed by atoms with Crippen molar-refractivity contribution in [1.29, 1.82) is 0 Å². The zero-order chi connectivity index (χ0) is 10.7. The summed E-state index contributed by atoms with van der Waals surface area (Å²) in [5.41, 5.74) is 0. The quantitative estimate of drug-likeness (QED) is 0.672. The summed E-state index contributed by atoms with van der Waals surface area (Å²) in [5, 5.41) is 8.50. The van der Waals surface area contributed by atoms with Crippen LogP contribution in [0.2, 0.25) is 0 Å². The molecule has 0 bridgehead atoms. The number of hydrogen-bond acceptors (Lipinski definition) is 3. The first-order chi connectivity index (χ1) is 6.54. The number of aliphatic carboxylic acids is 1. The number of nitrogens with zero attached hydrogens (tertiary/aromatic N) is 1. The molecule has 0 radical (unpaired) electrons. The predicted molar refractivity (Wildman–Crippen MR) is 55.4 cm³/mol. The fourth-order valence-corrected chi connectivity index (χ4v) is 1.84. The molecule has 0 aromatic carbocycles. The van der Waals surface area contributed by atoms with E-state index in [2.05, 4.69) is 12.6 Å². The number of carbonyl (C=O) groups excluding carboxylic acids is 1. The minimum absolute atomic E-state index is 0.180. The van der Waals surface area contributed by atoms with Gasteiger partial charge in [-0.25, -0.2) is 4.79 Å². The molecule has 2 atom stereocenters. The molecule has 1 rings (SSSR count). The van der Waals surface area contributed by atoms with Crippen LogP contribution in [0.5, 0.6) is 0 Å². The van der Waals surface area contributed by atoms with Crippen LogP contribution in [0.3, 0.4) is 0 Å². The number of thiol groups is 1. The minimum Gasteiger partial charge on any atom is -0.480 e. The largest absolute Gasteiger partial charge is 0.480 e. The fraction of sp³-hybridized carbons (Fsp3) is 0.778. The van der Waals surface area contributed by atoms with Crippen LogP contribution in [0, 0.1) is 0 Å². The van der Waals surface area contributed by atoms with Gasteiger partial charge in [-0.05, 0) is 26.2 Å². The van der Waals surface area contributed by atoms with Gasteiger partial charge in [0.15, 0.2) is 0 Å². The summed E-state index contributed by atoms with van der Waals surface area (Å²) in [6, 6.07) is -0.647. The predicted octanol–water partition coefficient (Wildman–Crippen LogP) is 0.770. The van der Waals surface area contributed by atoms with Crippen molar-refractivity contribution < 1.29 is 14.7 Å². The Hall–Kier alpha value is -0.710. The first-order valence-corrected chi connectivity index (χ1v) is 5.27. The van der Waals surface area contributed by atoms with Crippen LogP contribution in [-0.4, -0.2) is 39.7 Å². The van der Waals surface area contributed by atoms with Crippen LogP contribution in [0.25, 0.3) is 0 Å². The average molecular weight is 217 g/mol. The van der Waals surface area contributed by atoms with Gasteiger partial charge >= 0.3 is 5.97 Å². The van der Waals surface area contributed by atoms with Crippen molar-refractivity contribution in [3.8, 4) is 0 Å². The van der Waals surface area contributed by atoms with E-state index in [1.807, 2.05) is 0 Å². The van der Waals surface area contributed by atoms with Crippen molar-refractivity contribution >= 4 is 24.5 Å². The van der Waals surface area contributed by atoms with Crippen molar-refractivity contribution in [3.05, 3.63) is 0 Å².